The lowest BCUT2D eigenvalue weighted by atomic mass is 10.1. The van der Waals surface area contributed by atoms with Gasteiger partial charge in [-0.3, -0.25) is 0 Å². The maximum absolute atomic E-state index is 14.4. The van der Waals surface area contributed by atoms with Crippen LogP contribution in [0, 0.1) is 28.8 Å². The smallest absolute Gasteiger partial charge is 0.343 e. The predicted octanol–water partition coefficient (Wildman–Crippen LogP) is 6.15. The number of benzene rings is 3. The molecule has 0 fully saturated rings. The van der Waals surface area contributed by atoms with Crippen molar-refractivity contribution in [3.63, 3.8) is 0 Å². The van der Waals surface area contributed by atoms with Crippen LogP contribution in [0.3, 0.4) is 0 Å². The Morgan fingerprint density at radius 1 is 0.824 bits per heavy atom. The maximum atomic E-state index is 14.4. The third kappa shape index (κ3) is 6.01. The number of hydrogen-bond acceptors (Lipinski definition) is 5. The highest BCUT2D eigenvalue weighted by molar-refractivity contribution is 5.92. The molecule has 5 nitrogen and oxygen atoms in total. The zero-order valence-corrected chi connectivity index (χ0v) is 18.2. The molecule has 34 heavy (non-hydrogen) atoms. The monoisotopic (exact) mass is 467 g/mol. The van der Waals surface area contributed by atoms with Gasteiger partial charge in [0.2, 0.25) is 0 Å². The molecule has 3 rings (SSSR count). The number of carbonyl (C=O) groups is 2. The fourth-order valence-corrected chi connectivity index (χ4v) is 3.14. The van der Waals surface area contributed by atoms with Crippen LogP contribution in [-0.2, 0) is 6.42 Å². The first-order valence-electron chi connectivity index (χ1n) is 10.5. The van der Waals surface area contributed by atoms with E-state index in [2.05, 4.69) is 6.92 Å². The third-order valence-corrected chi connectivity index (χ3v) is 4.97. The van der Waals surface area contributed by atoms with Crippen molar-refractivity contribution in [2.75, 3.05) is 0 Å². The van der Waals surface area contributed by atoms with Crippen LogP contribution >= 0.6 is 0 Å². The van der Waals surface area contributed by atoms with E-state index in [0.29, 0.717) is 12.1 Å². The van der Waals surface area contributed by atoms with Crippen molar-refractivity contribution in [3.05, 3.63) is 94.3 Å². The van der Waals surface area contributed by atoms with Gasteiger partial charge in [-0.05, 0) is 48.7 Å². The van der Waals surface area contributed by atoms with Crippen LogP contribution in [-0.4, -0.2) is 11.9 Å². The molecule has 0 bridgehead atoms. The molecule has 174 valence electrons. The molecule has 0 N–H and O–H groups in total. The first-order chi connectivity index (χ1) is 16.3. The molecule has 0 spiro atoms. The average molecular weight is 467 g/mol. The van der Waals surface area contributed by atoms with Crippen molar-refractivity contribution in [1.82, 2.24) is 0 Å². The van der Waals surface area contributed by atoms with Gasteiger partial charge in [0.15, 0.2) is 11.6 Å². The number of halogens is 3. The second-order valence-electron chi connectivity index (χ2n) is 7.45. The summed E-state index contributed by atoms with van der Waals surface area (Å²) in [5.74, 6) is -6.16. The van der Waals surface area contributed by atoms with Crippen LogP contribution in [0.1, 0.15) is 58.0 Å². The number of nitrogens with zero attached hydrogens (tertiary/aromatic N) is 1. The van der Waals surface area contributed by atoms with Crippen LogP contribution in [0.4, 0.5) is 13.2 Å². The minimum atomic E-state index is -1.20. The number of hydrogen-bond donors (Lipinski definition) is 0. The second kappa shape index (κ2) is 11.1. The summed E-state index contributed by atoms with van der Waals surface area (Å²) in [7, 11) is 0. The molecule has 0 heterocycles. The van der Waals surface area contributed by atoms with Gasteiger partial charge in [0.05, 0.1) is 11.1 Å². The molecule has 3 aromatic rings. The Balaban J connectivity index is 1.66. The van der Waals surface area contributed by atoms with Crippen LogP contribution < -0.4 is 9.47 Å². The number of unbranched alkanes of at least 4 members (excludes halogenated alkanes) is 2. The quantitative estimate of drug-likeness (QED) is 0.226. The first kappa shape index (κ1) is 24.5. The number of rotatable bonds is 8. The van der Waals surface area contributed by atoms with Crippen molar-refractivity contribution >= 4 is 11.9 Å². The van der Waals surface area contributed by atoms with Crippen LogP contribution in [0.25, 0.3) is 0 Å². The molecule has 0 aromatic heterocycles. The van der Waals surface area contributed by atoms with Crippen LogP contribution in [0.2, 0.25) is 0 Å². The summed E-state index contributed by atoms with van der Waals surface area (Å²) in [5, 5.41) is 8.68. The number of carbonyl (C=O) groups excluding carboxylic acids is 2. The Labute approximate surface area is 194 Å². The Morgan fingerprint density at radius 2 is 1.44 bits per heavy atom. The van der Waals surface area contributed by atoms with Crippen molar-refractivity contribution in [3.8, 4) is 17.6 Å². The molecule has 8 heteroatoms. The fourth-order valence-electron chi connectivity index (χ4n) is 3.14. The van der Waals surface area contributed by atoms with Crippen LogP contribution in [0.5, 0.6) is 11.5 Å². The Bertz CT molecular complexity index is 1230. The molecular weight excluding hydrogens is 447 g/mol. The lowest BCUT2D eigenvalue weighted by Crippen LogP contribution is -2.12. The molecule has 0 aliphatic rings. The zero-order chi connectivity index (χ0) is 24.7. The topological polar surface area (TPSA) is 76.4 Å². The first-order valence-corrected chi connectivity index (χ1v) is 10.5. The van der Waals surface area contributed by atoms with Gasteiger partial charge < -0.3 is 9.47 Å². The second-order valence-corrected chi connectivity index (χ2v) is 7.45. The molecule has 0 aliphatic heterocycles. The lowest BCUT2D eigenvalue weighted by Gasteiger charge is -2.09. The summed E-state index contributed by atoms with van der Waals surface area (Å²) in [6, 6.07) is 12.5. The van der Waals surface area contributed by atoms with Gasteiger partial charge in [-0.25, -0.2) is 22.8 Å². The number of aryl methyl sites for hydroxylation is 1. The summed E-state index contributed by atoms with van der Waals surface area (Å²) >= 11 is 0. The van der Waals surface area contributed by atoms with E-state index >= 15 is 0 Å². The molecule has 0 amide bonds. The van der Waals surface area contributed by atoms with E-state index < -0.39 is 46.5 Å². The van der Waals surface area contributed by atoms with Crippen molar-refractivity contribution in [1.29, 1.82) is 5.26 Å². The van der Waals surface area contributed by atoms with E-state index in [9.17, 15) is 22.8 Å². The number of ether oxygens (including phenoxy) is 2. The highest BCUT2D eigenvalue weighted by atomic mass is 19.1. The normalized spacial score (nSPS) is 10.4. The van der Waals surface area contributed by atoms with Gasteiger partial charge in [0.25, 0.3) is 0 Å². The fraction of sp³-hybridized carbons (Fsp3) is 0.192. The zero-order valence-electron chi connectivity index (χ0n) is 18.2. The molecule has 0 saturated carbocycles. The van der Waals surface area contributed by atoms with Gasteiger partial charge in [0.1, 0.15) is 29.0 Å². The Hall–Kier alpha value is -4.12. The van der Waals surface area contributed by atoms with Gasteiger partial charge in [0, 0.05) is 12.1 Å². The van der Waals surface area contributed by atoms with Gasteiger partial charge in [-0.2, -0.15) is 5.26 Å². The van der Waals surface area contributed by atoms with Crippen molar-refractivity contribution in [2.24, 2.45) is 0 Å². The summed E-state index contributed by atoms with van der Waals surface area (Å²) < 4.78 is 51.7. The van der Waals surface area contributed by atoms with Crippen molar-refractivity contribution in [2.45, 2.75) is 32.6 Å². The predicted molar refractivity (Wildman–Crippen MR) is 117 cm³/mol. The van der Waals surface area contributed by atoms with E-state index in [1.165, 1.54) is 6.07 Å². The molecule has 0 radical (unpaired) electrons. The van der Waals surface area contributed by atoms with Gasteiger partial charge in [-0.15, -0.1) is 0 Å². The standard InChI is InChI=1S/C26H20F3NO4/c1-2-3-4-5-16-6-8-17(9-7-16)25(31)34-24-11-10-18(12-23(24)29)26(32)33-19-13-21(27)20(15-30)22(28)14-19/h6-14H,2-5H2,1H3. The van der Waals surface area contributed by atoms with E-state index in [1.54, 1.807) is 12.1 Å². The lowest BCUT2D eigenvalue weighted by molar-refractivity contribution is 0.0727. The third-order valence-electron chi connectivity index (χ3n) is 4.97. The van der Waals surface area contributed by atoms with Crippen LogP contribution in [0.15, 0.2) is 54.6 Å². The molecule has 0 atom stereocenters. The number of nitriles is 1. The minimum absolute atomic E-state index is 0.243. The van der Waals surface area contributed by atoms with Gasteiger partial charge in [-0.1, -0.05) is 31.9 Å². The van der Waals surface area contributed by atoms with E-state index in [0.717, 1.165) is 49.4 Å². The maximum Gasteiger partial charge on any atom is 0.343 e. The molecule has 0 unspecified atom stereocenters. The Morgan fingerprint density at radius 3 is 2.03 bits per heavy atom. The largest absolute Gasteiger partial charge is 0.423 e. The Kier molecular flexibility index (Phi) is 8.04. The average Bonchev–Trinajstić information content (AvgIpc) is 2.80. The summed E-state index contributed by atoms with van der Waals surface area (Å²) in [5.41, 5.74) is 0.232. The van der Waals surface area contributed by atoms with E-state index in [-0.39, 0.29) is 11.1 Å². The summed E-state index contributed by atoms with van der Waals surface area (Å²) in [4.78, 5) is 24.6. The van der Waals surface area contributed by atoms with Crippen molar-refractivity contribution < 1.29 is 32.2 Å². The van der Waals surface area contributed by atoms with E-state index in [4.69, 9.17) is 14.7 Å². The molecule has 0 saturated heterocycles. The SMILES string of the molecule is CCCCCc1ccc(C(=O)Oc2ccc(C(=O)Oc3cc(F)c(C#N)c(F)c3)cc2F)cc1. The highest BCUT2D eigenvalue weighted by Crippen LogP contribution is 2.24. The van der Waals surface area contributed by atoms with Gasteiger partial charge >= 0.3 is 11.9 Å². The summed E-state index contributed by atoms with van der Waals surface area (Å²) in [6.07, 6.45) is 4.18. The van der Waals surface area contributed by atoms with E-state index in [1.807, 2.05) is 12.1 Å². The minimum Gasteiger partial charge on any atom is -0.423 e. The summed E-state index contributed by atoms with van der Waals surface area (Å²) in [6.45, 7) is 2.12. The highest BCUT2D eigenvalue weighted by Gasteiger charge is 2.18. The molecule has 0 aliphatic carbocycles. The molecular formula is C26H20F3NO4. The molecule has 3 aromatic carbocycles. The number of esters is 2.